The third-order valence-electron chi connectivity index (χ3n) is 5.37. The number of carbonyl (C=O) groups excluding carboxylic acids is 3. The van der Waals surface area contributed by atoms with Crippen LogP contribution in [0.3, 0.4) is 0 Å². The van der Waals surface area contributed by atoms with Crippen molar-refractivity contribution in [3.63, 3.8) is 0 Å². The summed E-state index contributed by atoms with van der Waals surface area (Å²) in [6.45, 7) is -0.365. The first-order valence-corrected chi connectivity index (χ1v) is 11.6. The summed E-state index contributed by atoms with van der Waals surface area (Å²) in [6.07, 6.45) is 3.58. The van der Waals surface area contributed by atoms with Gasteiger partial charge < -0.3 is 9.88 Å². The van der Waals surface area contributed by atoms with Crippen LogP contribution in [0.4, 0.5) is 10.5 Å². The van der Waals surface area contributed by atoms with Gasteiger partial charge in [-0.1, -0.05) is 41.9 Å². The highest BCUT2D eigenvalue weighted by Crippen LogP contribution is 2.33. The second-order valence-electron chi connectivity index (χ2n) is 7.66. The fourth-order valence-electron chi connectivity index (χ4n) is 3.72. The summed E-state index contributed by atoms with van der Waals surface area (Å²) in [5.74, 6) is -0.960. The molecule has 0 atom stereocenters. The van der Waals surface area contributed by atoms with Gasteiger partial charge in [-0.3, -0.25) is 19.3 Å². The molecule has 0 spiro atoms. The number of nitrogens with one attached hydrogen (secondary N) is 1. The standard InChI is InChI=1S/C26H18ClN3O3S/c27-19-8-10-20(11-9-19)28-24(31)16-30-25(32)23(34-26(30)33)15-21-6-3-13-29(21)22-12-7-17-4-1-2-5-18(17)14-22/h1-15H,16H2,(H,28,31)/b23-15-. The van der Waals surface area contributed by atoms with Gasteiger partial charge in [0.1, 0.15) is 6.54 Å². The molecule has 0 aliphatic carbocycles. The highest BCUT2D eigenvalue weighted by Gasteiger charge is 2.36. The van der Waals surface area contributed by atoms with E-state index in [4.69, 9.17) is 11.6 Å². The number of aromatic nitrogens is 1. The van der Waals surface area contributed by atoms with Gasteiger partial charge in [-0.25, -0.2) is 0 Å². The van der Waals surface area contributed by atoms with Crippen molar-refractivity contribution >= 4 is 63.0 Å². The minimum Gasteiger partial charge on any atom is -0.325 e. The van der Waals surface area contributed by atoms with Crippen molar-refractivity contribution in [3.8, 4) is 5.69 Å². The number of nitrogens with zero attached hydrogens (tertiary/aromatic N) is 2. The third kappa shape index (κ3) is 4.48. The number of fused-ring (bicyclic) bond motifs is 1. The largest absolute Gasteiger partial charge is 0.325 e. The molecular weight excluding hydrogens is 470 g/mol. The zero-order chi connectivity index (χ0) is 23.7. The predicted octanol–water partition coefficient (Wildman–Crippen LogP) is 5.96. The molecule has 0 saturated carbocycles. The van der Waals surface area contributed by atoms with Crippen LogP contribution in [0.25, 0.3) is 22.5 Å². The molecule has 1 aliphatic heterocycles. The summed E-state index contributed by atoms with van der Waals surface area (Å²) < 4.78 is 1.95. The summed E-state index contributed by atoms with van der Waals surface area (Å²) in [5.41, 5.74) is 2.23. The molecule has 4 aromatic rings. The Balaban J connectivity index is 1.34. The summed E-state index contributed by atoms with van der Waals surface area (Å²) in [5, 5.41) is 4.97. The van der Waals surface area contributed by atoms with E-state index in [1.807, 2.05) is 53.2 Å². The predicted molar refractivity (Wildman–Crippen MR) is 136 cm³/mol. The molecule has 6 nitrogen and oxygen atoms in total. The van der Waals surface area contributed by atoms with Crippen molar-refractivity contribution in [3.05, 3.63) is 101 Å². The van der Waals surface area contributed by atoms with Crippen molar-refractivity contribution in [1.82, 2.24) is 9.47 Å². The van der Waals surface area contributed by atoms with Crippen molar-refractivity contribution in [1.29, 1.82) is 0 Å². The highest BCUT2D eigenvalue weighted by molar-refractivity contribution is 8.18. The van der Waals surface area contributed by atoms with Gasteiger partial charge in [0.05, 0.1) is 4.91 Å². The quantitative estimate of drug-likeness (QED) is 0.353. The molecule has 3 amide bonds. The van der Waals surface area contributed by atoms with Crippen LogP contribution in [0.15, 0.2) is 90.0 Å². The number of thioether (sulfide) groups is 1. The van der Waals surface area contributed by atoms with Crippen LogP contribution in [-0.2, 0) is 9.59 Å². The van der Waals surface area contributed by atoms with E-state index in [0.717, 1.165) is 38.8 Å². The Morgan fingerprint density at radius 1 is 0.941 bits per heavy atom. The first kappa shape index (κ1) is 22.0. The molecule has 1 aliphatic rings. The summed E-state index contributed by atoms with van der Waals surface area (Å²) in [4.78, 5) is 39.0. The van der Waals surface area contributed by atoms with Crippen LogP contribution in [-0.4, -0.2) is 33.1 Å². The zero-order valence-electron chi connectivity index (χ0n) is 17.8. The molecule has 1 aromatic heterocycles. The fourth-order valence-corrected chi connectivity index (χ4v) is 4.67. The van der Waals surface area contributed by atoms with Crippen LogP contribution in [0.2, 0.25) is 5.02 Å². The molecule has 1 saturated heterocycles. The van der Waals surface area contributed by atoms with Gasteiger partial charge in [-0.2, -0.15) is 0 Å². The van der Waals surface area contributed by atoms with Gasteiger partial charge >= 0.3 is 0 Å². The first-order chi connectivity index (χ1) is 16.5. The van der Waals surface area contributed by atoms with E-state index in [-0.39, 0.29) is 11.4 Å². The van der Waals surface area contributed by atoms with Crippen molar-refractivity contribution in [2.24, 2.45) is 0 Å². The number of carbonyl (C=O) groups is 3. The van der Waals surface area contributed by atoms with Crippen LogP contribution >= 0.6 is 23.4 Å². The summed E-state index contributed by atoms with van der Waals surface area (Å²) >= 11 is 6.68. The van der Waals surface area contributed by atoms with Gasteiger partial charge in [-0.05, 0) is 77.1 Å². The Kier molecular flexibility index (Phi) is 5.96. The summed E-state index contributed by atoms with van der Waals surface area (Å²) in [7, 11) is 0. The van der Waals surface area contributed by atoms with E-state index in [2.05, 4.69) is 17.4 Å². The molecule has 8 heteroatoms. The molecular formula is C26H18ClN3O3S. The average Bonchev–Trinajstić information content (AvgIpc) is 3.40. The average molecular weight is 488 g/mol. The Morgan fingerprint density at radius 3 is 2.50 bits per heavy atom. The van der Waals surface area contributed by atoms with E-state index < -0.39 is 17.1 Å². The zero-order valence-corrected chi connectivity index (χ0v) is 19.3. The second kappa shape index (κ2) is 9.21. The van der Waals surface area contributed by atoms with Gasteiger partial charge in [0, 0.05) is 28.3 Å². The lowest BCUT2D eigenvalue weighted by Gasteiger charge is -2.12. The SMILES string of the molecule is O=C(CN1C(=O)S/C(=C\c2cccn2-c2ccc3ccccc3c2)C1=O)Nc1ccc(Cl)cc1. The van der Waals surface area contributed by atoms with Crippen LogP contribution < -0.4 is 5.32 Å². The van der Waals surface area contributed by atoms with Gasteiger partial charge in [0.2, 0.25) is 5.91 Å². The van der Waals surface area contributed by atoms with E-state index in [9.17, 15) is 14.4 Å². The van der Waals surface area contributed by atoms with Crippen molar-refractivity contribution < 1.29 is 14.4 Å². The third-order valence-corrected chi connectivity index (χ3v) is 6.53. The number of hydrogen-bond acceptors (Lipinski definition) is 4. The number of benzene rings is 3. The molecule has 0 bridgehead atoms. The maximum absolute atomic E-state index is 12.9. The number of hydrogen-bond donors (Lipinski definition) is 1. The Labute approximate surface area is 204 Å². The molecule has 1 N–H and O–H groups in total. The van der Waals surface area contributed by atoms with E-state index >= 15 is 0 Å². The maximum Gasteiger partial charge on any atom is 0.294 e. The highest BCUT2D eigenvalue weighted by atomic mass is 35.5. The van der Waals surface area contributed by atoms with Gasteiger partial charge in [-0.15, -0.1) is 0 Å². The van der Waals surface area contributed by atoms with Crippen LogP contribution in [0.5, 0.6) is 0 Å². The van der Waals surface area contributed by atoms with Crippen molar-refractivity contribution in [2.75, 3.05) is 11.9 Å². The minimum absolute atomic E-state index is 0.269. The topological polar surface area (TPSA) is 71.4 Å². The Bertz CT molecular complexity index is 1460. The lowest BCUT2D eigenvalue weighted by atomic mass is 10.1. The molecule has 1 fully saturated rings. The number of rotatable bonds is 5. The summed E-state index contributed by atoms with van der Waals surface area (Å²) in [6, 6.07) is 24.5. The fraction of sp³-hybridized carbons (Fsp3) is 0.0385. The molecule has 2 heterocycles. The van der Waals surface area contributed by atoms with E-state index in [1.165, 1.54) is 0 Å². The molecule has 34 heavy (non-hydrogen) atoms. The number of imide groups is 1. The Hall–Kier alpha value is -3.81. The maximum atomic E-state index is 12.9. The number of anilines is 1. The van der Waals surface area contributed by atoms with Gasteiger partial charge in [0.15, 0.2) is 0 Å². The van der Waals surface area contributed by atoms with Crippen LogP contribution in [0.1, 0.15) is 5.69 Å². The van der Waals surface area contributed by atoms with E-state index in [0.29, 0.717) is 10.7 Å². The molecule has 3 aromatic carbocycles. The van der Waals surface area contributed by atoms with Crippen molar-refractivity contribution in [2.45, 2.75) is 0 Å². The lowest BCUT2D eigenvalue weighted by Crippen LogP contribution is -2.36. The first-order valence-electron chi connectivity index (χ1n) is 10.5. The number of amides is 3. The lowest BCUT2D eigenvalue weighted by molar-refractivity contribution is -0.127. The smallest absolute Gasteiger partial charge is 0.294 e. The van der Waals surface area contributed by atoms with Gasteiger partial charge in [0.25, 0.3) is 11.1 Å². The Morgan fingerprint density at radius 2 is 1.71 bits per heavy atom. The molecule has 0 radical (unpaired) electrons. The van der Waals surface area contributed by atoms with E-state index in [1.54, 1.807) is 30.3 Å². The molecule has 168 valence electrons. The number of halogens is 1. The minimum atomic E-state index is -0.493. The monoisotopic (exact) mass is 487 g/mol. The molecule has 0 unspecified atom stereocenters. The van der Waals surface area contributed by atoms with Crippen LogP contribution in [0, 0.1) is 0 Å². The second-order valence-corrected chi connectivity index (χ2v) is 9.09. The molecule has 5 rings (SSSR count). The normalized spacial score (nSPS) is 14.9.